The van der Waals surface area contributed by atoms with Gasteiger partial charge in [0, 0.05) is 0 Å². The second-order valence-electron chi connectivity index (χ2n) is 24.4. The third-order valence-electron chi connectivity index (χ3n) is 15.1. The lowest BCUT2D eigenvalue weighted by Crippen LogP contribution is -2.30. The van der Waals surface area contributed by atoms with Gasteiger partial charge in [-0.2, -0.15) is 0 Å². The zero-order valence-corrected chi connectivity index (χ0v) is 50.5. The molecule has 0 saturated heterocycles. The lowest BCUT2D eigenvalue weighted by molar-refractivity contribution is -0.162. The molecule has 0 aliphatic rings. The minimum absolute atomic E-state index is 0.00859. The molecule has 6 heteroatoms. The van der Waals surface area contributed by atoms with E-state index in [1.807, 2.05) is 30.3 Å². The van der Waals surface area contributed by atoms with Gasteiger partial charge in [-0.15, -0.1) is 0 Å². The van der Waals surface area contributed by atoms with Crippen molar-refractivity contribution in [3.8, 4) is 11.5 Å². The Balaban J connectivity index is 0.00000155. The van der Waals surface area contributed by atoms with Gasteiger partial charge in [-0.25, -0.2) is 0 Å². The Morgan fingerprint density at radius 3 is 0.946 bits per heavy atom. The van der Waals surface area contributed by atoms with Crippen molar-refractivity contribution in [2.45, 2.75) is 330 Å². The fourth-order valence-electron chi connectivity index (χ4n) is 10.2. The van der Waals surface area contributed by atoms with Crippen molar-refractivity contribution >= 4 is 11.9 Å². The van der Waals surface area contributed by atoms with Gasteiger partial charge < -0.3 is 19.7 Å². The molecule has 428 valence electrons. The second kappa shape index (κ2) is 44.0. The first-order valence-corrected chi connectivity index (χ1v) is 31.6. The first kappa shape index (κ1) is 69.0. The summed E-state index contributed by atoms with van der Waals surface area (Å²) in [7, 11) is 0. The highest BCUT2D eigenvalue weighted by Crippen LogP contribution is 2.38. The highest BCUT2D eigenvalue weighted by molar-refractivity contribution is 5.95. The smallest absolute Gasteiger partial charge is 0.320 e. The number of rotatable bonds is 44. The summed E-state index contributed by atoms with van der Waals surface area (Å²) < 4.78 is 11.6. The van der Waals surface area contributed by atoms with Gasteiger partial charge in [-0.05, 0) is 83.6 Å². The number of phenols is 2. The molecule has 2 aromatic carbocycles. The van der Waals surface area contributed by atoms with E-state index in [2.05, 4.69) is 69.2 Å². The van der Waals surface area contributed by atoms with Crippen LogP contribution in [-0.4, -0.2) is 35.4 Å². The van der Waals surface area contributed by atoms with Crippen LogP contribution in [0.25, 0.3) is 0 Å². The SMILES string of the molecule is CC(C)(C)c1cccc(C(C)(C)C)c1O.CCCCCCCCCCCCCCCCCCOC(=O)C(Cc1cc(CCCC)c(O)c(CCCC)c1)C(=O)OCCCCCCCCCCCCCCCCCC. The fraction of sp³-hybridized carbons (Fsp3) is 0.794. The van der Waals surface area contributed by atoms with Gasteiger partial charge in [0.2, 0.25) is 0 Å². The number of unbranched alkanes of at least 4 members (excludes halogenated alkanes) is 32. The molecule has 0 radical (unpaired) electrons. The summed E-state index contributed by atoms with van der Waals surface area (Å²) in [5.41, 5.74) is 4.76. The molecule has 0 atom stereocenters. The minimum atomic E-state index is -0.986. The number of aromatic hydroxyl groups is 2. The van der Waals surface area contributed by atoms with Crippen LogP contribution in [0.4, 0.5) is 0 Å². The Hall–Kier alpha value is -3.02. The van der Waals surface area contributed by atoms with Crippen molar-refractivity contribution in [3.63, 3.8) is 0 Å². The van der Waals surface area contributed by atoms with Crippen LogP contribution in [0.3, 0.4) is 0 Å². The van der Waals surface area contributed by atoms with Gasteiger partial charge in [0.05, 0.1) is 13.2 Å². The average Bonchev–Trinajstić information content (AvgIpc) is 3.36. The average molecular weight is 1030 g/mol. The van der Waals surface area contributed by atoms with E-state index < -0.39 is 17.9 Å². The van der Waals surface area contributed by atoms with Crippen molar-refractivity contribution in [1.29, 1.82) is 0 Å². The van der Waals surface area contributed by atoms with E-state index in [1.54, 1.807) is 0 Å². The number of carbonyl (C=O) groups is 2. The summed E-state index contributed by atoms with van der Waals surface area (Å²) in [6.45, 7) is 22.3. The molecule has 0 aliphatic heterocycles. The maximum Gasteiger partial charge on any atom is 0.320 e. The van der Waals surface area contributed by atoms with Crippen molar-refractivity contribution < 1.29 is 29.3 Å². The Kier molecular flexibility index (Phi) is 41.0. The van der Waals surface area contributed by atoms with Crippen molar-refractivity contribution in [2.24, 2.45) is 5.92 Å². The molecule has 2 N–H and O–H groups in total. The van der Waals surface area contributed by atoms with Gasteiger partial charge in [-0.1, -0.05) is 305 Å². The molecule has 0 amide bonds. The summed E-state index contributed by atoms with van der Waals surface area (Å²) in [5, 5.41) is 21.3. The molecule has 0 heterocycles. The number of esters is 2. The van der Waals surface area contributed by atoms with Gasteiger partial charge >= 0.3 is 11.9 Å². The van der Waals surface area contributed by atoms with Gasteiger partial charge in [0.25, 0.3) is 0 Å². The molecule has 0 spiro atoms. The topological polar surface area (TPSA) is 93.1 Å². The third kappa shape index (κ3) is 33.9. The zero-order chi connectivity index (χ0) is 54.7. The lowest BCUT2D eigenvalue weighted by atomic mass is 9.80. The van der Waals surface area contributed by atoms with Crippen LogP contribution >= 0.6 is 0 Å². The van der Waals surface area contributed by atoms with Crippen LogP contribution in [0.1, 0.15) is 328 Å². The lowest BCUT2D eigenvalue weighted by Gasteiger charge is -2.26. The number of hydrogen-bond donors (Lipinski definition) is 2. The van der Waals surface area contributed by atoms with Crippen LogP contribution in [0.2, 0.25) is 0 Å². The molecule has 2 aromatic rings. The van der Waals surface area contributed by atoms with Crippen LogP contribution in [0.5, 0.6) is 11.5 Å². The first-order valence-electron chi connectivity index (χ1n) is 31.6. The fourth-order valence-corrected chi connectivity index (χ4v) is 10.2. The van der Waals surface area contributed by atoms with E-state index in [4.69, 9.17) is 9.47 Å². The molecule has 0 unspecified atom stereocenters. The highest BCUT2D eigenvalue weighted by Gasteiger charge is 2.31. The molecule has 0 saturated carbocycles. The van der Waals surface area contributed by atoms with Crippen LogP contribution in [0, 0.1) is 5.92 Å². The van der Waals surface area contributed by atoms with Crippen molar-refractivity contribution in [2.75, 3.05) is 13.2 Å². The number of benzene rings is 2. The number of ether oxygens (including phenoxy) is 2. The summed E-state index contributed by atoms with van der Waals surface area (Å²) in [6, 6.07) is 10.0. The predicted octanol–water partition coefficient (Wildman–Crippen LogP) is 20.8. The van der Waals surface area contributed by atoms with E-state index in [9.17, 15) is 19.8 Å². The predicted molar refractivity (Wildman–Crippen MR) is 319 cm³/mol. The first-order chi connectivity index (χ1) is 35.6. The molecule has 74 heavy (non-hydrogen) atoms. The Bertz CT molecular complexity index is 1550. The van der Waals surface area contributed by atoms with E-state index >= 15 is 0 Å². The highest BCUT2D eigenvalue weighted by atomic mass is 16.6. The number of para-hydroxylation sites is 1. The van der Waals surface area contributed by atoms with Gasteiger partial charge in [0.1, 0.15) is 11.5 Å². The maximum atomic E-state index is 13.5. The monoisotopic (exact) mass is 1030 g/mol. The normalized spacial score (nSPS) is 11.8. The van der Waals surface area contributed by atoms with E-state index in [-0.39, 0.29) is 17.3 Å². The maximum absolute atomic E-state index is 13.5. The van der Waals surface area contributed by atoms with E-state index in [0.29, 0.717) is 24.7 Å². The molecule has 6 nitrogen and oxygen atoms in total. The summed E-state index contributed by atoms with van der Waals surface area (Å²) >= 11 is 0. The van der Waals surface area contributed by atoms with Crippen LogP contribution in [-0.2, 0) is 49.2 Å². The van der Waals surface area contributed by atoms with Crippen LogP contribution in [0.15, 0.2) is 30.3 Å². The molecular weight excluding hydrogens is 913 g/mol. The van der Waals surface area contributed by atoms with Gasteiger partial charge in [0.15, 0.2) is 5.92 Å². The molecule has 0 bridgehead atoms. The largest absolute Gasteiger partial charge is 0.507 e. The quantitative estimate of drug-likeness (QED) is 0.0390. The second-order valence-corrected chi connectivity index (χ2v) is 24.4. The Morgan fingerprint density at radius 1 is 0.405 bits per heavy atom. The minimum Gasteiger partial charge on any atom is -0.507 e. The molecule has 2 rings (SSSR count). The molecule has 0 fully saturated rings. The van der Waals surface area contributed by atoms with Crippen LogP contribution < -0.4 is 0 Å². The van der Waals surface area contributed by atoms with Gasteiger partial charge in [-0.3, -0.25) is 9.59 Å². The molecular formula is C68H120O6. The summed E-state index contributed by atoms with van der Waals surface area (Å²) in [4.78, 5) is 27.1. The number of phenolic OH excluding ortho intramolecular Hbond substituents is 2. The number of carbonyl (C=O) groups excluding carboxylic acids is 2. The summed E-state index contributed by atoms with van der Waals surface area (Å²) in [6.07, 6.45) is 47.4. The Morgan fingerprint density at radius 2 is 0.676 bits per heavy atom. The molecule has 0 aliphatic carbocycles. The van der Waals surface area contributed by atoms with E-state index in [0.717, 1.165) is 105 Å². The Labute approximate surface area is 458 Å². The van der Waals surface area contributed by atoms with Crippen molar-refractivity contribution in [3.05, 3.63) is 58.1 Å². The zero-order valence-electron chi connectivity index (χ0n) is 50.5. The molecule has 0 aromatic heterocycles. The standard InChI is InChI=1S/C54H98O5.C14H22O/c1-5-9-13-15-17-19-21-23-25-27-29-31-33-35-37-39-43-58-53(56)51(47-48-45-49(41-11-7-3)52(55)50(46-48)42-12-8-4)54(57)59-44-40-38-36-34-32-30-28-26-24-22-20-18-16-14-10-6-2;1-13(2,3)10-8-7-9-11(12(10)15)14(4,5)6/h45-46,51,55H,5-44,47H2,1-4H3;7-9,15H,1-6H3. The number of hydrogen-bond acceptors (Lipinski definition) is 6. The number of aryl methyl sites for hydroxylation is 2. The summed E-state index contributed by atoms with van der Waals surface area (Å²) in [5.74, 6) is -1.09. The third-order valence-corrected chi connectivity index (χ3v) is 15.1. The van der Waals surface area contributed by atoms with E-state index in [1.165, 1.54) is 167 Å². The van der Waals surface area contributed by atoms with Crippen molar-refractivity contribution in [1.82, 2.24) is 0 Å².